The van der Waals surface area contributed by atoms with Gasteiger partial charge in [0.2, 0.25) is 0 Å². The zero-order valence-electron chi connectivity index (χ0n) is 14.9. The molecule has 0 atom stereocenters. The second-order valence-electron chi connectivity index (χ2n) is 5.78. The van der Waals surface area contributed by atoms with Gasteiger partial charge in [-0.3, -0.25) is 0 Å². The molecule has 0 amide bonds. The fourth-order valence-corrected chi connectivity index (χ4v) is 2.42. The average Bonchev–Trinajstić information content (AvgIpc) is 2.69. The third-order valence-corrected chi connectivity index (χ3v) is 3.81. The quantitative estimate of drug-likeness (QED) is 0.545. The van der Waals surface area contributed by atoms with E-state index in [2.05, 4.69) is 17.4 Å². The summed E-state index contributed by atoms with van der Waals surface area (Å²) in [7, 11) is 1.67. The van der Waals surface area contributed by atoms with Gasteiger partial charge in [0.1, 0.15) is 23.9 Å². The first-order chi connectivity index (χ1) is 12.8. The van der Waals surface area contributed by atoms with E-state index < -0.39 is 0 Å². The van der Waals surface area contributed by atoms with Gasteiger partial charge < -0.3 is 19.5 Å². The number of benzene rings is 3. The number of hydrogen-bond acceptors (Lipinski definition) is 4. The van der Waals surface area contributed by atoms with Crippen LogP contribution in [0.5, 0.6) is 17.2 Å². The van der Waals surface area contributed by atoms with Crippen LogP contribution in [0.2, 0.25) is 0 Å². The Labute approximate surface area is 154 Å². The highest BCUT2D eigenvalue weighted by atomic mass is 16.5. The molecule has 0 aliphatic heterocycles. The van der Waals surface area contributed by atoms with Gasteiger partial charge in [0, 0.05) is 19.3 Å². The SMILES string of the molecule is COCCOc1ccc(CNc2ccc(Oc3ccccc3)cc2)cc1. The summed E-state index contributed by atoms with van der Waals surface area (Å²) < 4.78 is 16.3. The van der Waals surface area contributed by atoms with E-state index in [-0.39, 0.29) is 0 Å². The van der Waals surface area contributed by atoms with Crippen molar-refractivity contribution in [1.82, 2.24) is 0 Å². The molecule has 4 nitrogen and oxygen atoms in total. The smallest absolute Gasteiger partial charge is 0.127 e. The first-order valence-electron chi connectivity index (χ1n) is 8.61. The van der Waals surface area contributed by atoms with E-state index in [1.54, 1.807) is 7.11 Å². The molecule has 4 heteroatoms. The van der Waals surface area contributed by atoms with E-state index in [9.17, 15) is 0 Å². The zero-order valence-corrected chi connectivity index (χ0v) is 14.9. The Bertz CT molecular complexity index is 771. The molecule has 0 unspecified atom stereocenters. The summed E-state index contributed by atoms with van der Waals surface area (Å²) in [6, 6.07) is 25.8. The minimum absolute atomic E-state index is 0.561. The third-order valence-electron chi connectivity index (χ3n) is 3.81. The van der Waals surface area contributed by atoms with Crippen LogP contribution >= 0.6 is 0 Å². The lowest BCUT2D eigenvalue weighted by Gasteiger charge is -2.10. The fourth-order valence-electron chi connectivity index (χ4n) is 2.42. The summed E-state index contributed by atoms with van der Waals surface area (Å²) in [6.07, 6.45) is 0. The first kappa shape index (κ1) is 17.8. The summed E-state index contributed by atoms with van der Waals surface area (Å²) >= 11 is 0. The molecule has 3 aromatic rings. The van der Waals surface area contributed by atoms with Crippen molar-refractivity contribution in [2.24, 2.45) is 0 Å². The molecule has 0 saturated carbocycles. The van der Waals surface area contributed by atoms with E-state index in [1.165, 1.54) is 5.56 Å². The summed E-state index contributed by atoms with van der Waals surface area (Å²) in [5, 5.41) is 3.41. The number of para-hydroxylation sites is 1. The number of nitrogens with one attached hydrogen (secondary N) is 1. The molecule has 26 heavy (non-hydrogen) atoms. The predicted molar refractivity (Wildman–Crippen MR) is 104 cm³/mol. The summed E-state index contributed by atoms with van der Waals surface area (Å²) in [5.74, 6) is 2.51. The van der Waals surface area contributed by atoms with Crippen LogP contribution in [0, 0.1) is 0 Å². The Hall–Kier alpha value is -2.98. The number of methoxy groups -OCH3 is 1. The average molecular weight is 349 g/mol. The monoisotopic (exact) mass is 349 g/mol. The fraction of sp³-hybridized carbons (Fsp3) is 0.182. The van der Waals surface area contributed by atoms with Crippen molar-refractivity contribution >= 4 is 5.69 Å². The van der Waals surface area contributed by atoms with Crippen molar-refractivity contribution in [2.75, 3.05) is 25.6 Å². The van der Waals surface area contributed by atoms with Crippen LogP contribution in [0.15, 0.2) is 78.9 Å². The summed E-state index contributed by atoms with van der Waals surface area (Å²) in [4.78, 5) is 0. The van der Waals surface area contributed by atoms with Gasteiger partial charge in [-0.05, 0) is 54.1 Å². The highest BCUT2D eigenvalue weighted by Crippen LogP contribution is 2.23. The van der Waals surface area contributed by atoms with E-state index in [0.29, 0.717) is 13.2 Å². The van der Waals surface area contributed by atoms with Crippen molar-refractivity contribution in [3.05, 3.63) is 84.4 Å². The van der Waals surface area contributed by atoms with E-state index in [0.717, 1.165) is 29.5 Å². The van der Waals surface area contributed by atoms with Crippen LogP contribution in [0.3, 0.4) is 0 Å². The highest BCUT2D eigenvalue weighted by Gasteiger charge is 1.99. The molecule has 0 aliphatic carbocycles. The maximum atomic E-state index is 5.80. The van der Waals surface area contributed by atoms with Gasteiger partial charge in [0.05, 0.1) is 6.61 Å². The molecule has 0 spiro atoms. The molecule has 0 bridgehead atoms. The highest BCUT2D eigenvalue weighted by molar-refractivity contribution is 5.47. The van der Waals surface area contributed by atoms with Gasteiger partial charge in [-0.15, -0.1) is 0 Å². The molecule has 1 N–H and O–H groups in total. The number of hydrogen-bond donors (Lipinski definition) is 1. The second-order valence-corrected chi connectivity index (χ2v) is 5.78. The van der Waals surface area contributed by atoms with Gasteiger partial charge in [0.25, 0.3) is 0 Å². The summed E-state index contributed by atoms with van der Waals surface area (Å²) in [5.41, 5.74) is 2.24. The Morgan fingerprint density at radius 3 is 2.04 bits per heavy atom. The normalized spacial score (nSPS) is 10.3. The molecule has 0 aromatic heterocycles. The van der Waals surface area contributed by atoms with Crippen LogP contribution in [-0.4, -0.2) is 20.3 Å². The van der Waals surface area contributed by atoms with Crippen molar-refractivity contribution in [2.45, 2.75) is 6.54 Å². The lowest BCUT2D eigenvalue weighted by Crippen LogP contribution is -2.04. The van der Waals surface area contributed by atoms with Crippen molar-refractivity contribution < 1.29 is 14.2 Å². The Morgan fingerprint density at radius 2 is 1.35 bits per heavy atom. The topological polar surface area (TPSA) is 39.7 Å². The van der Waals surface area contributed by atoms with Gasteiger partial charge in [-0.2, -0.15) is 0 Å². The standard InChI is InChI=1S/C22H23NO3/c1-24-15-16-25-20-11-7-18(8-12-20)17-23-19-9-13-22(14-10-19)26-21-5-3-2-4-6-21/h2-14,23H,15-17H2,1H3. The van der Waals surface area contributed by atoms with Crippen molar-refractivity contribution in [3.63, 3.8) is 0 Å². The van der Waals surface area contributed by atoms with E-state index in [4.69, 9.17) is 14.2 Å². The van der Waals surface area contributed by atoms with Gasteiger partial charge in [0.15, 0.2) is 0 Å². The van der Waals surface area contributed by atoms with E-state index >= 15 is 0 Å². The lowest BCUT2D eigenvalue weighted by atomic mass is 10.2. The number of ether oxygens (including phenoxy) is 3. The molecule has 0 aliphatic rings. The van der Waals surface area contributed by atoms with Crippen LogP contribution in [0.25, 0.3) is 0 Å². The van der Waals surface area contributed by atoms with Gasteiger partial charge in [-0.1, -0.05) is 30.3 Å². The summed E-state index contributed by atoms with van der Waals surface area (Å²) in [6.45, 7) is 1.90. The third kappa shape index (κ3) is 5.53. The van der Waals surface area contributed by atoms with Crippen LogP contribution < -0.4 is 14.8 Å². The molecule has 0 radical (unpaired) electrons. The largest absolute Gasteiger partial charge is 0.491 e. The van der Waals surface area contributed by atoms with Crippen LogP contribution in [0.1, 0.15) is 5.56 Å². The predicted octanol–water partition coefficient (Wildman–Crippen LogP) is 5.12. The van der Waals surface area contributed by atoms with Crippen molar-refractivity contribution in [1.29, 1.82) is 0 Å². The Balaban J connectivity index is 1.48. The molecule has 0 heterocycles. The first-order valence-corrected chi connectivity index (χ1v) is 8.61. The van der Waals surface area contributed by atoms with Crippen molar-refractivity contribution in [3.8, 4) is 17.2 Å². The molecular formula is C22H23NO3. The molecule has 0 saturated heterocycles. The maximum Gasteiger partial charge on any atom is 0.127 e. The zero-order chi connectivity index (χ0) is 18.0. The molecule has 3 aromatic carbocycles. The number of rotatable bonds is 9. The molecular weight excluding hydrogens is 326 g/mol. The maximum absolute atomic E-state index is 5.80. The van der Waals surface area contributed by atoms with Gasteiger partial charge in [-0.25, -0.2) is 0 Å². The van der Waals surface area contributed by atoms with E-state index in [1.807, 2.05) is 66.7 Å². The second kappa shape index (κ2) is 9.49. The molecule has 0 fully saturated rings. The Morgan fingerprint density at radius 1 is 0.692 bits per heavy atom. The van der Waals surface area contributed by atoms with Crippen LogP contribution in [-0.2, 0) is 11.3 Å². The molecule has 3 rings (SSSR count). The lowest BCUT2D eigenvalue weighted by molar-refractivity contribution is 0.146. The number of anilines is 1. The van der Waals surface area contributed by atoms with Crippen LogP contribution in [0.4, 0.5) is 5.69 Å². The molecule has 134 valence electrons. The minimum atomic E-state index is 0.561. The Kier molecular flexibility index (Phi) is 6.51. The van der Waals surface area contributed by atoms with Gasteiger partial charge >= 0.3 is 0 Å². The minimum Gasteiger partial charge on any atom is -0.491 e.